The Bertz CT molecular complexity index is 408. The maximum Gasteiger partial charge on any atom is 0.232 e. The summed E-state index contributed by atoms with van der Waals surface area (Å²) in [7, 11) is 0. The van der Waals surface area contributed by atoms with Crippen LogP contribution in [-0.2, 0) is 10.2 Å². The zero-order valence-corrected chi connectivity index (χ0v) is 11.0. The molecular weight excluding hydrogens is 266 g/mol. The van der Waals surface area contributed by atoms with Crippen molar-refractivity contribution in [3.63, 3.8) is 0 Å². The maximum absolute atomic E-state index is 11.5. The lowest BCUT2D eigenvalue weighted by Crippen LogP contribution is -2.28. The van der Waals surface area contributed by atoms with E-state index in [2.05, 4.69) is 6.58 Å². The van der Waals surface area contributed by atoms with Gasteiger partial charge in [0.1, 0.15) is 0 Å². The fourth-order valence-corrected chi connectivity index (χ4v) is 2.18. The summed E-state index contributed by atoms with van der Waals surface area (Å²) < 4.78 is 0. The normalized spacial score (nSPS) is 14.2. The Balaban J connectivity index is 3.31. The molecule has 0 spiro atoms. The van der Waals surface area contributed by atoms with Crippen LogP contribution >= 0.6 is 34.8 Å². The van der Waals surface area contributed by atoms with Crippen LogP contribution in [0.1, 0.15) is 18.9 Å². The van der Waals surface area contributed by atoms with Crippen LogP contribution in [-0.4, -0.2) is 5.24 Å². The van der Waals surface area contributed by atoms with Gasteiger partial charge in [0.05, 0.1) is 5.41 Å². The summed E-state index contributed by atoms with van der Waals surface area (Å²) in [6, 6.07) is 4.99. The molecule has 0 heterocycles. The number of allylic oxidation sites excluding steroid dienone is 1. The van der Waals surface area contributed by atoms with E-state index in [0.717, 1.165) is 0 Å². The van der Waals surface area contributed by atoms with Crippen LogP contribution in [0.3, 0.4) is 0 Å². The van der Waals surface area contributed by atoms with Gasteiger partial charge in [-0.05, 0) is 48.7 Å². The van der Waals surface area contributed by atoms with Crippen molar-refractivity contribution in [1.29, 1.82) is 0 Å². The highest BCUT2D eigenvalue weighted by Crippen LogP contribution is 2.34. The second-order valence-corrected chi connectivity index (χ2v) is 4.97. The van der Waals surface area contributed by atoms with Gasteiger partial charge in [-0.2, -0.15) is 0 Å². The largest absolute Gasteiger partial charge is 0.280 e. The summed E-state index contributed by atoms with van der Waals surface area (Å²) in [5.41, 5.74) is -0.136. The van der Waals surface area contributed by atoms with E-state index >= 15 is 0 Å². The molecule has 1 aromatic carbocycles. The van der Waals surface area contributed by atoms with Crippen molar-refractivity contribution in [2.24, 2.45) is 0 Å². The molecule has 0 saturated heterocycles. The average Bonchev–Trinajstić information content (AvgIpc) is 2.16. The van der Waals surface area contributed by atoms with Crippen molar-refractivity contribution in [2.75, 3.05) is 0 Å². The lowest BCUT2D eigenvalue weighted by atomic mass is 9.81. The zero-order chi connectivity index (χ0) is 12.3. The smallest absolute Gasteiger partial charge is 0.232 e. The first kappa shape index (κ1) is 13.6. The molecular formula is C12H11Cl3O. The van der Waals surface area contributed by atoms with Crippen molar-refractivity contribution in [1.82, 2.24) is 0 Å². The van der Waals surface area contributed by atoms with E-state index in [4.69, 9.17) is 34.8 Å². The predicted molar refractivity (Wildman–Crippen MR) is 69.5 cm³/mol. The molecule has 1 nitrogen and oxygen atoms in total. The summed E-state index contributed by atoms with van der Waals surface area (Å²) in [5.74, 6) is 0. The minimum atomic E-state index is -0.835. The molecule has 0 aromatic heterocycles. The monoisotopic (exact) mass is 276 g/mol. The summed E-state index contributed by atoms with van der Waals surface area (Å²) in [6.45, 7) is 5.36. The van der Waals surface area contributed by atoms with Crippen LogP contribution in [0.4, 0.5) is 0 Å². The number of halogens is 3. The molecule has 1 unspecified atom stereocenters. The topological polar surface area (TPSA) is 17.1 Å². The van der Waals surface area contributed by atoms with Gasteiger partial charge >= 0.3 is 0 Å². The summed E-state index contributed by atoms with van der Waals surface area (Å²) in [5, 5.41) is 0.511. The fraction of sp³-hybridized carbons (Fsp3) is 0.250. The Morgan fingerprint density at radius 1 is 1.38 bits per heavy atom. The minimum absolute atomic E-state index is 0.437. The Kier molecular flexibility index (Phi) is 4.43. The van der Waals surface area contributed by atoms with E-state index in [1.165, 1.54) is 0 Å². The third-order valence-corrected chi connectivity index (χ3v) is 3.34. The third-order valence-electron chi connectivity index (χ3n) is 2.49. The molecule has 0 amide bonds. The number of benzene rings is 1. The van der Waals surface area contributed by atoms with E-state index in [0.29, 0.717) is 22.0 Å². The lowest BCUT2D eigenvalue weighted by molar-refractivity contribution is -0.116. The van der Waals surface area contributed by atoms with Gasteiger partial charge < -0.3 is 0 Å². The van der Waals surface area contributed by atoms with Crippen molar-refractivity contribution >= 4 is 40.0 Å². The van der Waals surface area contributed by atoms with E-state index < -0.39 is 10.7 Å². The second-order valence-electron chi connectivity index (χ2n) is 3.76. The fourth-order valence-electron chi connectivity index (χ4n) is 1.47. The summed E-state index contributed by atoms with van der Waals surface area (Å²) >= 11 is 17.4. The van der Waals surface area contributed by atoms with E-state index in [9.17, 15) is 4.79 Å². The van der Waals surface area contributed by atoms with Crippen molar-refractivity contribution in [2.45, 2.75) is 18.8 Å². The van der Waals surface area contributed by atoms with Crippen LogP contribution in [0.25, 0.3) is 0 Å². The Morgan fingerprint density at radius 2 is 1.88 bits per heavy atom. The van der Waals surface area contributed by atoms with Gasteiger partial charge in [0, 0.05) is 10.0 Å². The molecule has 0 aliphatic rings. The molecule has 0 aliphatic carbocycles. The van der Waals surface area contributed by atoms with Gasteiger partial charge in [0.25, 0.3) is 0 Å². The van der Waals surface area contributed by atoms with E-state index in [1.807, 2.05) is 0 Å². The quantitative estimate of drug-likeness (QED) is 0.581. The maximum atomic E-state index is 11.5. The van der Waals surface area contributed by atoms with Gasteiger partial charge in [-0.3, -0.25) is 4.79 Å². The Morgan fingerprint density at radius 3 is 2.25 bits per heavy atom. The number of carbonyl (C=O) groups excluding carboxylic acids is 1. The van der Waals surface area contributed by atoms with Crippen molar-refractivity contribution < 1.29 is 4.79 Å². The van der Waals surface area contributed by atoms with Gasteiger partial charge in [0.2, 0.25) is 5.24 Å². The highest BCUT2D eigenvalue weighted by atomic mass is 35.5. The Hall–Kier alpha value is -0.500. The highest BCUT2D eigenvalue weighted by molar-refractivity contribution is 6.65. The standard InChI is InChI=1S/C12H11Cl3O/c1-3-4-12(2,11(15)16)8-5-9(13)7-10(14)6-8/h3,5-7H,1,4H2,2H3. The van der Waals surface area contributed by atoms with Crippen LogP contribution in [0, 0.1) is 0 Å². The van der Waals surface area contributed by atoms with Crippen molar-refractivity contribution in [3.05, 3.63) is 46.5 Å². The van der Waals surface area contributed by atoms with Gasteiger partial charge in [-0.15, -0.1) is 6.58 Å². The molecule has 0 bridgehead atoms. The molecule has 1 aromatic rings. The highest BCUT2D eigenvalue weighted by Gasteiger charge is 2.33. The molecule has 0 fully saturated rings. The molecule has 1 atom stereocenters. The van der Waals surface area contributed by atoms with E-state index in [-0.39, 0.29) is 0 Å². The first-order chi connectivity index (χ1) is 7.40. The lowest BCUT2D eigenvalue weighted by Gasteiger charge is -2.24. The van der Waals surface area contributed by atoms with E-state index in [1.54, 1.807) is 31.2 Å². The number of hydrogen-bond acceptors (Lipinski definition) is 1. The SMILES string of the molecule is C=CCC(C)(C(=O)Cl)c1cc(Cl)cc(Cl)c1. The minimum Gasteiger partial charge on any atom is -0.280 e. The molecule has 86 valence electrons. The molecule has 1 rings (SSSR count). The van der Waals surface area contributed by atoms with Crippen molar-refractivity contribution in [3.8, 4) is 0 Å². The number of hydrogen-bond donors (Lipinski definition) is 0. The molecule has 0 aliphatic heterocycles. The zero-order valence-electron chi connectivity index (χ0n) is 8.77. The number of carbonyl (C=O) groups is 1. The van der Waals surface area contributed by atoms with Crippen LogP contribution < -0.4 is 0 Å². The summed E-state index contributed by atoms with van der Waals surface area (Å²) in [6.07, 6.45) is 2.08. The first-order valence-corrected chi connectivity index (χ1v) is 5.81. The average molecular weight is 278 g/mol. The molecule has 0 radical (unpaired) electrons. The molecule has 0 N–H and O–H groups in total. The van der Waals surface area contributed by atoms with Crippen LogP contribution in [0.2, 0.25) is 10.0 Å². The Labute approximate surface area is 110 Å². The molecule has 0 saturated carbocycles. The van der Waals surface area contributed by atoms with Gasteiger partial charge in [-0.1, -0.05) is 29.3 Å². The van der Waals surface area contributed by atoms with Crippen LogP contribution in [0.5, 0.6) is 0 Å². The van der Waals surface area contributed by atoms with Gasteiger partial charge in [0.15, 0.2) is 0 Å². The summed E-state index contributed by atoms with van der Waals surface area (Å²) in [4.78, 5) is 11.5. The van der Waals surface area contributed by atoms with Crippen LogP contribution in [0.15, 0.2) is 30.9 Å². The first-order valence-electron chi connectivity index (χ1n) is 4.67. The van der Waals surface area contributed by atoms with Gasteiger partial charge in [-0.25, -0.2) is 0 Å². The predicted octanol–water partition coefficient (Wildman–Crippen LogP) is 4.59. The molecule has 16 heavy (non-hydrogen) atoms. The second kappa shape index (κ2) is 5.22. The molecule has 4 heteroatoms. The number of rotatable bonds is 4. The third kappa shape index (κ3) is 2.79.